The first-order valence-electron chi connectivity index (χ1n) is 6.69. The van der Waals surface area contributed by atoms with Gasteiger partial charge >= 0.3 is 0 Å². The summed E-state index contributed by atoms with van der Waals surface area (Å²) < 4.78 is 0. The van der Waals surface area contributed by atoms with Crippen LogP contribution in [0, 0.1) is 10.1 Å². The lowest BCUT2D eigenvalue weighted by Gasteiger charge is -2.25. The number of hydrogen-bond donors (Lipinski definition) is 0. The highest BCUT2D eigenvalue weighted by Crippen LogP contribution is 2.24. The molecule has 0 spiro atoms. The summed E-state index contributed by atoms with van der Waals surface area (Å²) in [6.45, 7) is 2.04. The molecule has 0 fully saturated rings. The summed E-state index contributed by atoms with van der Waals surface area (Å²) in [4.78, 5) is 25.9. The van der Waals surface area contributed by atoms with E-state index in [1.165, 1.54) is 34.7 Å². The number of non-ortho nitro benzene ring substituents is 1. The second kappa shape index (κ2) is 5.75. The van der Waals surface area contributed by atoms with Crippen LogP contribution in [0.3, 0.4) is 0 Å². The molecule has 1 aromatic heterocycles. The van der Waals surface area contributed by atoms with E-state index in [2.05, 4.69) is 16.3 Å². The van der Waals surface area contributed by atoms with Gasteiger partial charge in [-0.2, -0.15) is 0 Å². The summed E-state index contributed by atoms with van der Waals surface area (Å²) >= 11 is 1.77. The van der Waals surface area contributed by atoms with Gasteiger partial charge < -0.3 is 0 Å². The van der Waals surface area contributed by atoms with E-state index < -0.39 is 4.92 Å². The molecule has 0 radical (unpaired) electrons. The number of carbonyl (C=O) groups is 1. The number of benzene rings is 1. The number of fused-ring (bicyclic) bond motifs is 1. The Labute approximate surface area is 126 Å². The van der Waals surface area contributed by atoms with Crippen LogP contribution in [0.25, 0.3) is 0 Å². The van der Waals surface area contributed by atoms with E-state index in [9.17, 15) is 14.9 Å². The third kappa shape index (κ3) is 3.01. The van der Waals surface area contributed by atoms with Gasteiger partial charge in [-0.1, -0.05) is 0 Å². The molecule has 108 valence electrons. The number of ketones is 1. The van der Waals surface area contributed by atoms with Gasteiger partial charge in [-0.3, -0.25) is 19.8 Å². The van der Waals surface area contributed by atoms with Gasteiger partial charge in [0.25, 0.3) is 5.69 Å². The first-order chi connectivity index (χ1) is 10.1. The monoisotopic (exact) mass is 302 g/mol. The Kier molecular flexibility index (Phi) is 3.81. The molecule has 0 atom stereocenters. The number of rotatable bonds is 4. The van der Waals surface area contributed by atoms with Crippen molar-refractivity contribution in [1.29, 1.82) is 0 Å². The Morgan fingerprint density at radius 3 is 2.76 bits per heavy atom. The number of thiophene rings is 1. The van der Waals surface area contributed by atoms with E-state index in [4.69, 9.17) is 0 Å². The molecule has 21 heavy (non-hydrogen) atoms. The second-order valence-electron chi connectivity index (χ2n) is 5.06. The van der Waals surface area contributed by atoms with E-state index in [1.54, 1.807) is 11.3 Å². The molecule has 5 nitrogen and oxygen atoms in total. The molecule has 0 aliphatic carbocycles. The fraction of sp³-hybridized carbons (Fsp3) is 0.267. The molecule has 0 saturated heterocycles. The SMILES string of the molecule is O=C(CN1CCc2sccc2C1)c1ccc([N+](=O)[O-])cc1. The van der Waals surface area contributed by atoms with Crippen molar-refractivity contribution in [3.63, 3.8) is 0 Å². The quantitative estimate of drug-likeness (QED) is 0.495. The topological polar surface area (TPSA) is 63.5 Å². The number of carbonyl (C=O) groups excluding carboxylic acids is 1. The van der Waals surface area contributed by atoms with Crippen molar-refractivity contribution in [1.82, 2.24) is 4.90 Å². The minimum absolute atomic E-state index is 0.00331. The van der Waals surface area contributed by atoms with Gasteiger partial charge in [-0.05, 0) is 35.6 Å². The van der Waals surface area contributed by atoms with Crippen LogP contribution in [-0.2, 0) is 13.0 Å². The average Bonchev–Trinajstić information content (AvgIpc) is 2.95. The molecule has 0 bridgehead atoms. The maximum atomic E-state index is 12.2. The van der Waals surface area contributed by atoms with Gasteiger partial charge in [-0.25, -0.2) is 0 Å². The molecule has 2 aromatic rings. The highest BCUT2D eigenvalue weighted by molar-refractivity contribution is 7.10. The van der Waals surface area contributed by atoms with Crippen molar-refractivity contribution in [2.75, 3.05) is 13.1 Å². The van der Waals surface area contributed by atoms with Crippen LogP contribution in [0.15, 0.2) is 35.7 Å². The van der Waals surface area contributed by atoms with Gasteiger partial charge in [0.2, 0.25) is 0 Å². The maximum absolute atomic E-state index is 12.2. The fourth-order valence-electron chi connectivity index (χ4n) is 2.51. The van der Waals surface area contributed by atoms with Crippen LogP contribution >= 0.6 is 11.3 Å². The van der Waals surface area contributed by atoms with E-state index in [0.717, 1.165) is 19.5 Å². The largest absolute Gasteiger partial charge is 0.293 e. The molecule has 6 heteroatoms. The number of Topliss-reactive ketones (excluding diaryl/α,β-unsaturated/α-hetero) is 1. The van der Waals surface area contributed by atoms with Crippen LogP contribution in [0.5, 0.6) is 0 Å². The molecular weight excluding hydrogens is 288 g/mol. The van der Waals surface area contributed by atoms with Crippen LogP contribution in [-0.4, -0.2) is 28.7 Å². The number of hydrogen-bond acceptors (Lipinski definition) is 5. The molecule has 0 unspecified atom stereocenters. The Bertz CT molecular complexity index is 678. The lowest BCUT2D eigenvalue weighted by molar-refractivity contribution is -0.384. The molecule has 1 aliphatic rings. The zero-order valence-electron chi connectivity index (χ0n) is 11.3. The van der Waals surface area contributed by atoms with E-state index in [0.29, 0.717) is 12.1 Å². The highest BCUT2D eigenvalue weighted by atomic mass is 32.1. The van der Waals surface area contributed by atoms with E-state index in [1.807, 2.05) is 0 Å². The summed E-state index contributed by atoms with van der Waals surface area (Å²) in [6, 6.07) is 7.92. The molecule has 0 amide bonds. The molecule has 3 rings (SSSR count). The molecule has 0 saturated carbocycles. The van der Waals surface area contributed by atoms with Crippen molar-refractivity contribution >= 4 is 22.8 Å². The molecular formula is C15H14N2O3S. The zero-order valence-corrected chi connectivity index (χ0v) is 12.1. The second-order valence-corrected chi connectivity index (χ2v) is 6.06. The number of nitro benzene ring substituents is 1. The normalized spacial score (nSPS) is 14.7. The first-order valence-corrected chi connectivity index (χ1v) is 7.57. The maximum Gasteiger partial charge on any atom is 0.269 e. The first kappa shape index (κ1) is 13.9. The number of nitro groups is 1. The average molecular weight is 302 g/mol. The fourth-order valence-corrected chi connectivity index (χ4v) is 3.39. The van der Waals surface area contributed by atoms with Crippen LogP contribution in [0.4, 0.5) is 5.69 Å². The van der Waals surface area contributed by atoms with Crippen molar-refractivity contribution < 1.29 is 9.72 Å². The minimum Gasteiger partial charge on any atom is -0.293 e. The van der Waals surface area contributed by atoms with E-state index in [-0.39, 0.29) is 11.5 Å². The zero-order chi connectivity index (χ0) is 14.8. The van der Waals surface area contributed by atoms with Gasteiger partial charge in [0.05, 0.1) is 11.5 Å². The lowest BCUT2D eigenvalue weighted by Crippen LogP contribution is -2.34. The van der Waals surface area contributed by atoms with Crippen molar-refractivity contribution in [3.05, 3.63) is 61.8 Å². The van der Waals surface area contributed by atoms with Gasteiger partial charge in [0.1, 0.15) is 0 Å². The van der Waals surface area contributed by atoms with Crippen molar-refractivity contribution in [2.45, 2.75) is 13.0 Å². The predicted molar refractivity (Wildman–Crippen MR) is 80.7 cm³/mol. The van der Waals surface area contributed by atoms with Gasteiger partial charge in [0, 0.05) is 35.7 Å². The third-order valence-electron chi connectivity index (χ3n) is 3.65. The Morgan fingerprint density at radius 1 is 1.29 bits per heavy atom. The van der Waals surface area contributed by atoms with Crippen LogP contribution in [0.2, 0.25) is 0 Å². The third-order valence-corrected chi connectivity index (χ3v) is 4.68. The summed E-state index contributed by atoms with van der Waals surface area (Å²) in [5.41, 5.74) is 1.84. The summed E-state index contributed by atoms with van der Waals surface area (Å²) in [5.74, 6) is 0.00331. The molecule has 1 aliphatic heterocycles. The van der Waals surface area contributed by atoms with Gasteiger partial charge in [0.15, 0.2) is 5.78 Å². The van der Waals surface area contributed by atoms with Crippen LogP contribution < -0.4 is 0 Å². The minimum atomic E-state index is -0.461. The smallest absolute Gasteiger partial charge is 0.269 e. The van der Waals surface area contributed by atoms with Crippen LogP contribution in [0.1, 0.15) is 20.8 Å². The highest BCUT2D eigenvalue weighted by Gasteiger charge is 2.20. The Balaban J connectivity index is 1.65. The predicted octanol–water partition coefficient (Wildman–Crippen LogP) is 2.90. The van der Waals surface area contributed by atoms with E-state index >= 15 is 0 Å². The molecule has 0 N–H and O–H groups in total. The number of nitrogens with zero attached hydrogens (tertiary/aromatic N) is 2. The standard InChI is InChI=1S/C15H14N2O3S/c18-14(11-1-3-13(4-2-11)17(19)20)10-16-7-5-15-12(9-16)6-8-21-15/h1-4,6,8H,5,7,9-10H2. The van der Waals surface area contributed by atoms with Gasteiger partial charge in [-0.15, -0.1) is 11.3 Å². The molecule has 2 heterocycles. The lowest BCUT2D eigenvalue weighted by atomic mass is 10.1. The summed E-state index contributed by atoms with van der Waals surface area (Å²) in [6.07, 6.45) is 0.987. The van der Waals surface area contributed by atoms with Crippen molar-refractivity contribution in [2.24, 2.45) is 0 Å². The van der Waals surface area contributed by atoms with Crippen molar-refractivity contribution in [3.8, 4) is 0 Å². The summed E-state index contributed by atoms with van der Waals surface area (Å²) in [7, 11) is 0. The summed E-state index contributed by atoms with van der Waals surface area (Å²) in [5, 5.41) is 12.7. The Hall–Kier alpha value is -2.05. The molecule has 1 aromatic carbocycles. The Morgan fingerprint density at radius 2 is 2.05 bits per heavy atom.